The summed E-state index contributed by atoms with van der Waals surface area (Å²) in [7, 11) is 0. The minimum Gasteiger partial charge on any atom is -0.390 e. The second-order valence-corrected chi connectivity index (χ2v) is 8.75. The van der Waals surface area contributed by atoms with Gasteiger partial charge in [-0.2, -0.15) is 0 Å². The van der Waals surface area contributed by atoms with E-state index in [9.17, 15) is 9.90 Å². The first-order chi connectivity index (χ1) is 11.4. The number of aryl methyl sites for hydroxylation is 1. The molecule has 3 unspecified atom stereocenters. The molecule has 4 aliphatic carbocycles. The average molecular weight is 327 g/mol. The number of benzene rings is 1. The van der Waals surface area contributed by atoms with Gasteiger partial charge in [0.1, 0.15) is 0 Å². The fraction of sp³-hybridized carbons (Fsp3) is 0.667. The smallest absolute Gasteiger partial charge is 0.251 e. The highest BCUT2D eigenvalue weighted by molar-refractivity contribution is 5.95. The molecule has 0 aliphatic heterocycles. The van der Waals surface area contributed by atoms with Crippen LogP contribution in [-0.4, -0.2) is 22.7 Å². The molecule has 1 aromatic rings. The van der Waals surface area contributed by atoms with Crippen LogP contribution in [0, 0.1) is 17.3 Å². The number of nitrogens with one attached hydrogen (secondary N) is 1. The monoisotopic (exact) mass is 327 g/mol. The van der Waals surface area contributed by atoms with Crippen LogP contribution in [0.1, 0.15) is 68.3 Å². The van der Waals surface area contributed by atoms with Gasteiger partial charge in [0, 0.05) is 11.6 Å². The van der Waals surface area contributed by atoms with Crippen molar-refractivity contribution in [2.24, 2.45) is 17.3 Å². The Morgan fingerprint density at radius 2 is 1.92 bits per heavy atom. The Morgan fingerprint density at radius 3 is 2.54 bits per heavy atom. The van der Waals surface area contributed by atoms with E-state index in [0.29, 0.717) is 11.8 Å². The second-order valence-electron chi connectivity index (χ2n) is 8.75. The van der Waals surface area contributed by atoms with Crippen molar-refractivity contribution in [2.45, 2.75) is 70.4 Å². The standard InChI is InChI=1S/C21H29NO2/c1-3-17-6-4-5-7-18(17)19(23)22-14(2)20-9-15-8-16(10-20)12-21(24,11-15)13-20/h4-7,14-16,24H,3,8-13H2,1-2H3,(H,22,23). The minimum absolute atomic E-state index is 0.0442. The quantitative estimate of drug-likeness (QED) is 0.886. The van der Waals surface area contributed by atoms with Gasteiger partial charge in [-0.05, 0) is 80.8 Å². The Balaban J connectivity index is 1.54. The molecule has 0 saturated heterocycles. The van der Waals surface area contributed by atoms with E-state index < -0.39 is 5.60 Å². The van der Waals surface area contributed by atoms with Crippen molar-refractivity contribution in [1.82, 2.24) is 5.32 Å². The van der Waals surface area contributed by atoms with Crippen molar-refractivity contribution in [3.05, 3.63) is 35.4 Å². The maximum atomic E-state index is 12.8. The molecule has 3 nitrogen and oxygen atoms in total. The highest BCUT2D eigenvalue weighted by Gasteiger charge is 2.59. The van der Waals surface area contributed by atoms with Crippen molar-refractivity contribution in [3.8, 4) is 0 Å². The molecule has 3 heteroatoms. The largest absolute Gasteiger partial charge is 0.390 e. The van der Waals surface area contributed by atoms with Gasteiger partial charge in [0.2, 0.25) is 0 Å². The van der Waals surface area contributed by atoms with E-state index >= 15 is 0 Å². The maximum absolute atomic E-state index is 12.8. The lowest BCUT2D eigenvalue weighted by atomic mass is 9.46. The van der Waals surface area contributed by atoms with E-state index in [0.717, 1.165) is 36.8 Å². The van der Waals surface area contributed by atoms with Gasteiger partial charge in [-0.25, -0.2) is 0 Å². The number of hydrogen-bond acceptors (Lipinski definition) is 2. The van der Waals surface area contributed by atoms with Gasteiger partial charge in [-0.15, -0.1) is 0 Å². The lowest BCUT2D eigenvalue weighted by Gasteiger charge is -2.62. The van der Waals surface area contributed by atoms with Crippen LogP contribution in [0.2, 0.25) is 0 Å². The number of hydrogen-bond donors (Lipinski definition) is 2. The number of amides is 1. The summed E-state index contributed by atoms with van der Waals surface area (Å²) in [5.74, 6) is 1.35. The molecule has 0 spiro atoms. The van der Waals surface area contributed by atoms with Gasteiger partial charge < -0.3 is 10.4 Å². The fourth-order valence-electron chi connectivity index (χ4n) is 6.27. The molecule has 5 rings (SSSR count). The average Bonchev–Trinajstić information content (AvgIpc) is 2.52. The van der Waals surface area contributed by atoms with E-state index in [1.807, 2.05) is 24.3 Å². The number of rotatable bonds is 4. The third kappa shape index (κ3) is 2.57. The van der Waals surface area contributed by atoms with Crippen LogP contribution in [0.4, 0.5) is 0 Å². The summed E-state index contributed by atoms with van der Waals surface area (Å²) >= 11 is 0. The number of carbonyl (C=O) groups is 1. The zero-order chi connectivity index (χ0) is 16.9. The van der Waals surface area contributed by atoms with Crippen LogP contribution in [0.5, 0.6) is 0 Å². The van der Waals surface area contributed by atoms with Crippen LogP contribution in [0.3, 0.4) is 0 Å². The molecule has 24 heavy (non-hydrogen) atoms. The Hall–Kier alpha value is -1.35. The van der Waals surface area contributed by atoms with E-state index in [2.05, 4.69) is 19.2 Å². The van der Waals surface area contributed by atoms with Gasteiger partial charge in [-0.1, -0.05) is 25.1 Å². The molecule has 2 N–H and O–H groups in total. The maximum Gasteiger partial charge on any atom is 0.251 e. The van der Waals surface area contributed by atoms with E-state index in [-0.39, 0.29) is 17.4 Å². The highest BCUT2D eigenvalue weighted by Crippen LogP contribution is 2.62. The molecule has 4 bridgehead atoms. The van der Waals surface area contributed by atoms with E-state index in [1.54, 1.807) is 0 Å². The first-order valence-corrected chi connectivity index (χ1v) is 9.54. The molecular weight excluding hydrogens is 298 g/mol. The summed E-state index contributed by atoms with van der Waals surface area (Å²) in [4.78, 5) is 12.8. The molecule has 0 heterocycles. The molecule has 1 amide bonds. The van der Waals surface area contributed by atoms with Crippen molar-refractivity contribution < 1.29 is 9.90 Å². The molecule has 1 aromatic carbocycles. The molecule has 0 aromatic heterocycles. The van der Waals surface area contributed by atoms with E-state index in [4.69, 9.17) is 0 Å². The fourth-order valence-corrected chi connectivity index (χ4v) is 6.27. The van der Waals surface area contributed by atoms with Crippen LogP contribution >= 0.6 is 0 Å². The number of carbonyl (C=O) groups excluding carboxylic acids is 1. The zero-order valence-corrected chi connectivity index (χ0v) is 14.8. The molecule has 4 saturated carbocycles. The predicted molar refractivity (Wildman–Crippen MR) is 94.8 cm³/mol. The highest BCUT2D eigenvalue weighted by atomic mass is 16.3. The van der Waals surface area contributed by atoms with Gasteiger partial charge in [-0.3, -0.25) is 4.79 Å². The Labute approximate surface area is 144 Å². The SMILES string of the molecule is CCc1ccccc1C(=O)NC(C)C12CC3CC(CC(O)(C3)C1)C2. The van der Waals surface area contributed by atoms with E-state index in [1.165, 1.54) is 19.3 Å². The third-order valence-electron chi connectivity index (χ3n) is 6.98. The van der Waals surface area contributed by atoms with Crippen molar-refractivity contribution in [3.63, 3.8) is 0 Å². The lowest BCUT2D eigenvalue weighted by Crippen LogP contribution is -2.61. The summed E-state index contributed by atoms with van der Waals surface area (Å²) in [6.45, 7) is 4.24. The topological polar surface area (TPSA) is 49.3 Å². The predicted octanol–water partition coefficient (Wildman–Crippen LogP) is 3.70. The summed E-state index contributed by atoms with van der Waals surface area (Å²) in [6, 6.07) is 8.01. The molecule has 4 aliphatic rings. The van der Waals surface area contributed by atoms with Crippen molar-refractivity contribution in [1.29, 1.82) is 0 Å². The normalized spacial score (nSPS) is 38.1. The summed E-state index contributed by atoms with van der Waals surface area (Å²) < 4.78 is 0. The molecular formula is C21H29NO2. The summed E-state index contributed by atoms with van der Waals surface area (Å²) in [5, 5.41) is 14.2. The van der Waals surface area contributed by atoms with Crippen LogP contribution < -0.4 is 5.32 Å². The second kappa shape index (κ2) is 5.59. The molecule has 130 valence electrons. The first kappa shape index (κ1) is 16.1. The molecule has 0 radical (unpaired) electrons. The Bertz CT molecular complexity index is 639. The minimum atomic E-state index is -0.468. The molecule has 3 atom stereocenters. The number of aliphatic hydroxyl groups is 1. The Morgan fingerprint density at radius 1 is 1.25 bits per heavy atom. The summed E-state index contributed by atoms with van der Waals surface area (Å²) in [5.41, 5.74) is 1.53. The van der Waals surface area contributed by atoms with Gasteiger partial charge >= 0.3 is 0 Å². The van der Waals surface area contributed by atoms with Gasteiger partial charge in [0.25, 0.3) is 5.91 Å². The van der Waals surface area contributed by atoms with Gasteiger partial charge in [0.15, 0.2) is 0 Å². The third-order valence-corrected chi connectivity index (χ3v) is 6.98. The first-order valence-electron chi connectivity index (χ1n) is 9.54. The Kier molecular flexibility index (Phi) is 3.76. The molecule has 4 fully saturated rings. The summed E-state index contributed by atoms with van der Waals surface area (Å²) in [6.07, 6.45) is 7.31. The van der Waals surface area contributed by atoms with Crippen LogP contribution in [0.15, 0.2) is 24.3 Å². The zero-order valence-electron chi connectivity index (χ0n) is 14.8. The lowest BCUT2D eigenvalue weighted by molar-refractivity contribution is -0.171. The van der Waals surface area contributed by atoms with Crippen molar-refractivity contribution >= 4 is 5.91 Å². The van der Waals surface area contributed by atoms with Gasteiger partial charge in [0.05, 0.1) is 5.60 Å². The van der Waals surface area contributed by atoms with Crippen molar-refractivity contribution in [2.75, 3.05) is 0 Å². The van der Waals surface area contributed by atoms with Crippen LogP contribution in [-0.2, 0) is 6.42 Å². The van der Waals surface area contributed by atoms with Crippen LogP contribution in [0.25, 0.3) is 0 Å².